The van der Waals surface area contributed by atoms with Crippen LogP contribution < -0.4 is 5.73 Å². The summed E-state index contributed by atoms with van der Waals surface area (Å²) in [6.07, 6.45) is 0. The standard InChI is InChI=1S/C10H13NO2.ClH/c1-2-13-10(12)9(11)8-6-4-3-5-7-8;/h3-7,9H,2,11H2,1H3;1H/t9-;/m0./s1. The van der Waals surface area contributed by atoms with E-state index in [4.69, 9.17) is 10.5 Å². The van der Waals surface area contributed by atoms with Gasteiger partial charge in [-0.1, -0.05) is 30.3 Å². The minimum Gasteiger partial charge on any atom is -0.465 e. The van der Waals surface area contributed by atoms with Gasteiger partial charge in [-0.15, -0.1) is 12.4 Å². The Balaban J connectivity index is 0.00000169. The average molecular weight is 216 g/mol. The molecular weight excluding hydrogens is 202 g/mol. The fraction of sp³-hybridized carbons (Fsp3) is 0.300. The molecule has 0 fully saturated rings. The first kappa shape index (κ1) is 12.9. The van der Waals surface area contributed by atoms with Gasteiger partial charge in [-0.2, -0.15) is 0 Å². The van der Waals surface area contributed by atoms with E-state index in [1.807, 2.05) is 30.3 Å². The fourth-order valence-electron chi connectivity index (χ4n) is 1.03. The summed E-state index contributed by atoms with van der Waals surface area (Å²) < 4.78 is 4.79. The summed E-state index contributed by atoms with van der Waals surface area (Å²) in [6.45, 7) is 2.12. The van der Waals surface area contributed by atoms with Crippen LogP contribution in [-0.2, 0) is 9.53 Å². The van der Waals surface area contributed by atoms with Crippen LogP contribution in [-0.4, -0.2) is 12.6 Å². The van der Waals surface area contributed by atoms with Crippen LogP contribution in [0.3, 0.4) is 0 Å². The lowest BCUT2D eigenvalue weighted by molar-refractivity contribution is -0.144. The van der Waals surface area contributed by atoms with Crippen LogP contribution in [0.1, 0.15) is 18.5 Å². The zero-order valence-electron chi connectivity index (χ0n) is 7.97. The second-order valence-electron chi connectivity index (χ2n) is 2.64. The first-order chi connectivity index (χ1) is 6.25. The average Bonchev–Trinajstić information content (AvgIpc) is 2.18. The van der Waals surface area contributed by atoms with Crippen molar-refractivity contribution in [2.45, 2.75) is 13.0 Å². The molecular formula is C10H14ClNO2. The van der Waals surface area contributed by atoms with Crippen LogP contribution in [0.15, 0.2) is 30.3 Å². The quantitative estimate of drug-likeness (QED) is 0.781. The summed E-state index contributed by atoms with van der Waals surface area (Å²) in [5, 5.41) is 0. The number of benzene rings is 1. The van der Waals surface area contributed by atoms with Crippen molar-refractivity contribution in [2.24, 2.45) is 5.73 Å². The van der Waals surface area contributed by atoms with E-state index in [0.29, 0.717) is 6.61 Å². The molecule has 0 aliphatic carbocycles. The van der Waals surface area contributed by atoms with Crippen LogP contribution in [0.4, 0.5) is 0 Å². The van der Waals surface area contributed by atoms with Crippen molar-refractivity contribution in [2.75, 3.05) is 6.61 Å². The third-order valence-corrected chi connectivity index (χ3v) is 1.70. The van der Waals surface area contributed by atoms with Crippen molar-refractivity contribution in [3.8, 4) is 0 Å². The van der Waals surface area contributed by atoms with Crippen molar-refractivity contribution < 1.29 is 9.53 Å². The topological polar surface area (TPSA) is 52.3 Å². The summed E-state index contributed by atoms with van der Waals surface area (Å²) in [5.41, 5.74) is 6.43. The summed E-state index contributed by atoms with van der Waals surface area (Å²) >= 11 is 0. The first-order valence-electron chi connectivity index (χ1n) is 4.23. The predicted octanol–water partition coefficient (Wildman–Crippen LogP) is 1.67. The van der Waals surface area contributed by atoms with Crippen LogP contribution >= 0.6 is 12.4 Å². The van der Waals surface area contributed by atoms with Gasteiger partial charge in [0, 0.05) is 0 Å². The van der Waals surface area contributed by atoms with E-state index in [9.17, 15) is 4.79 Å². The van der Waals surface area contributed by atoms with E-state index in [1.165, 1.54) is 0 Å². The number of hydrogen-bond acceptors (Lipinski definition) is 3. The van der Waals surface area contributed by atoms with Crippen molar-refractivity contribution in [1.82, 2.24) is 0 Å². The van der Waals surface area contributed by atoms with Gasteiger partial charge in [-0.25, -0.2) is 4.79 Å². The Bertz CT molecular complexity index is 277. The molecule has 1 aromatic rings. The van der Waals surface area contributed by atoms with Crippen LogP contribution in [0.2, 0.25) is 0 Å². The van der Waals surface area contributed by atoms with E-state index < -0.39 is 6.04 Å². The van der Waals surface area contributed by atoms with Gasteiger partial charge in [0.05, 0.1) is 6.61 Å². The molecule has 0 saturated heterocycles. The fourth-order valence-corrected chi connectivity index (χ4v) is 1.03. The molecule has 3 nitrogen and oxygen atoms in total. The molecule has 0 aromatic heterocycles. The number of hydrogen-bond donors (Lipinski definition) is 1. The number of halogens is 1. The van der Waals surface area contributed by atoms with Gasteiger partial charge in [-0.05, 0) is 12.5 Å². The molecule has 0 aliphatic heterocycles. The molecule has 0 aliphatic rings. The normalized spacial score (nSPS) is 11.3. The van der Waals surface area contributed by atoms with Crippen molar-refractivity contribution in [3.05, 3.63) is 35.9 Å². The second-order valence-corrected chi connectivity index (χ2v) is 2.64. The highest BCUT2D eigenvalue weighted by molar-refractivity contribution is 5.85. The molecule has 0 saturated carbocycles. The maximum atomic E-state index is 11.2. The summed E-state index contributed by atoms with van der Waals surface area (Å²) in [4.78, 5) is 11.2. The Morgan fingerprint density at radius 1 is 1.43 bits per heavy atom. The molecule has 0 spiro atoms. The van der Waals surface area contributed by atoms with Crippen LogP contribution in [0.5, 0.6) is 0 Å². The smallest absolute Gasteiger partial charge is 0.327 e. The molecule has 78 valence electrons. The lowest BCUT2D eigenvalue weighted by Crippen LogP contribution is -2.23. The predicted molar refractivity (Wildman–Crippen MR) is 57.3 cm³/mol. The van der Waals surface area contributed by atoms with E-state index in [-0.39, 0.29) is 18.4 Å². The zero-order valence-corrected chi connectivity index (χ0v) is 8.79. The monoisotopic (exact) mass is 215 g/mol. The molecule has 0 radical (unpaired) electrons. The molecule has 0 bridgehead atoms. The van der Waals surface area contributed by atoms with E-state index >= 15 is 0 Å². The first-order valence-corrected chi connectivity index (χ1v) is 4.23. The largest absolute Gasteiger partial charge is 0.465 e. The Hall–Kier alpha value is -1.06. The highest BCUT2D eigenvalue weighted by Crippen LogP contribution is 2.10. The maximum Gasteiger partial charge on any atom is 0.327 e. The van der Waals surface area contributed by atoms with Gasteiger partial charge in [0.1, 0.15) is 6.04 Å². The lowest BCUT2D eigenvalue weighted by Gasteiger charge is -2.09. The van der Waals surface area contributed by atoms with Gasteiger partial charge >= 0.3 is 5.97 Å². The van der Waals surface area contributed by atoms with Crippen LogP contribution in [0, 0.1) is 0 Å². The molecule has 0 amide bonds. The van der Waals surface area contributed by atoms with Gasteiger partial charge in [0.2, 0.25) is 0 Å². The summed E-state index contributed by atoms with van der Waals surface area (Å²) in [7, 11) is 0. The molecule has 0 heterocycles. The highest BCUT2D eigenvalue weighted by Gasteiger charge is 2.15. The molecule has 14 heavy (non-hydrogen) atoms. The van der Waals surface area contributed by atoms with Crippen molar-refractivity contribution in [3.63, 3.8) is 0 Å². The number of rotatable bonds is 3. The maximum absolute atomic E-state index is 11.2. The highest BCUT2D eigenvalue weighted by atomic mass is 35.5. The van der Waals surface area contributed by atoms with Crippen molar-refractivity contribution in [1.29, 1.82) is 0 Å². The number of ether oxygens (including phenoxy) is 1. The van der Waals surface area contributed by atoms with Crippen LogP contribution in [0.25, 0.3) is 0 Å². The van der Waals surface area contributed by atoms with E-state index in [1.54, 1.807) is 6.92 Å². The molecule has 1 atom stereocenters. The van der Waals surface area contributed by atoms with Gasteiger partial charge < -0.3 is 10.5 Å². The van der Waals surface area contributed by atoms with Gasteiger partial charge in [-0.3, -0.25) is 0 Å². The number of carbonyl (C=O) groups is 1. The number of carbonyl (C=O) groups excluding carboxylic acids is 1. The summed E-state index contributed by atoms with van der Waals surface area (Å²) in [5.74, 6) is -0.381. The second kappa shape index (κ2) is 6.40. The van der Waals surface area contributed by atoms with Gasteiger partial charge in [0.25, 0.3) is 0 Å². The molecule has 1 rings (SSSR count). The Morgan fingerprint density at radius 2 is 2.00 bits per heavy atom. The third-order valence-electron chi connectivity index (χ3n) is 1.70. The SMILES string of the molecule is CCOC(=O)[C@@H](N)c1ccccc1.Cl. The Kier molecular flexibility index (Phi) is 5.92. The number of nitrogens with two attached hydrogens (primary N) is 1. The Morgan fingerprint density at radius 3 is 2.50 bits per heavy atom. The minimum atomic E-state index is -0.666. The minimum absolute atomic E-state index is 0. The number of esters is 1. The molecule has 0 unspecified atom stereocenters. The summed E-state index contributed by atoms with van der Waals surface area (Å²) in [6, 6.07) is 8.51. The molecule has 4 heteroatoms. The van der Waals surface area contributed by atoms with E-state index in [2.05, 4.69) is 0 Å². The van der Waals surface area contributed by atoms with Gasteiger partial charge in [0.15, 0.2) is 0 Å². The molecule has 2 N–H and O–H groups in total. The van der Waals surface area contributed by atoms with Crippen molar-refractivity contribution >= 4 is 18.4 Å². The molecule has 1 aromatic carbocycles. The third kappa shape index (κ3) is 3.36. The Labute approximate surface area is 89.7 Å². The lowest BCUT2D eigenvalue weighted by atomic mass is 10.1. The van der Waals surface area contributed by atoms with E-state index in [0.717, 1.165) is 5.56 Å². The zero-order chi connectivity index (χ0) is 9.68.